The Labute approximate surface area is 119 Å². The minimum atomic E-state index is 0.498. The summed E-state index contributed by atoms with van der Waals surface area (Å²) in [5.74, 6) is 1.45. The van der Waals surface area contributed by atoms with E-state index in [2.05, 4.69) is 56.4 Å². The van der Waals surface area contributed by atoms with Gasteiger partial charge in [0.2, 0.25) is 0 Å². The molecule has 0 radical (unpaired) electrons. The molecule has 0 N–H and O–H groups in total. The normalized spacial score (nSPS) is 10.6. The second-order valence-corrected chi connectivity index (χ2v) is 4.84. The van der Waals surface area contributed by atoms with Crippen molar-refractivity contribution in [1.29, 1.82) is 0 Å². The van der Waals surface area contributed by atoms with Gasteiger partial charge in [0.1, 0.15) is 5.82 Å². The fourth-order valence-corrected chi connectivity index (χ4v) is 2.35. The first-order valence-corrected chi connectivity index (χ1v) is 7.55. The van der Waals surface area contributed by atoms with Crippen molar-refractivity contribution in [2.75, 3.05) is 13.1 Å². The zero-order valence-electron chi connectivity index (χ0n) is 14.0. The summed E-state index contributed by atoms with van der Waals surface area (Å²) in [7, 11) is 0. The Balaban J connectivity index is 0.00000154. The standard InChI is InChI=1S/C14H25N3.C2H6/c1-7-17(8-2)9-13-15-11(5)14(10(3)4)12(6)16-13;1-2/h10H,7-9H2,1-6H3;1-2H3. The molecule has 0 bridgehead atoms. The van der Waals surface area contributed by atoms with E-state index >= 15 is 0 Å². The van der Waals surface area contributed by atoms with Crippen LogP contribution in [0.15, 0.2) is 0 Å². The summed E-state index contributed by atoms with van der Waals surface area (Å²) in [5.41, 5.74) is 3.57. The van der Waals surface area contributed by atoms with E-state index in [1.54, 1.807) is 0 Å². The molecule has 3 heteroatoms. The first-order chi connectivity index (χ1) is 8.99. The number of hydrogen-bond donors (Lipinski definition) is 0. The van der Waals surface area contributed by atoms with Crippen LogP contribution in [0.3, 0.4) is 0 Å². The van der Waals surface area contributed by atoms with Crippen molar-refractivity contribution in [3.63, 3.8) is 0 Å². The molecular weight excluding hydrogens is 234 g/mol. The maximum Gasteiger partial charge on any atom is 0.142 e. The molecule has 0 aliphatic heterocycles. The molecule has 0 spiro atoms. The number of hydrogen-bond acceptors (Lipinski definition) is 3. The van der Waals surface area contributed by atoms with E-state index < -0.39 is 0 Å². The molecule has 0 aromatic carbocycles. The Kier molecular flexibility index (Phi) is 8.57. The summed E-state index contributed by atoms with van der Waals surface area (Å²) in [6, 6.07) is 0. The molecule has 3 nitrogen and oxygen atoms in total. The molecule has 1 heterocycles. The lowest BCUT2D eigenvalue weighted by Crippen LogP contribution is -2.24. The van der Waals surface area contributed by atoms with Gasteiger partial charge in [-0.15, -0.1) is 0 Å². The summed E-state index contributed by atoms with van der Waals surface area (Å²) < 4.78 is 0. The molecule has 0 saturated heterocycles. The average Bonchev–Trinajstić information content (AvgIpc) is 2.37. The Morgan fingerprint density at radius 2 is 1.37 bits per heavy atom. The molecule has 0 aliphatic rings. The highest BCUT2D eigenvalue weighted by molar-refractivity contribution is 5.27. The Morgan fingerprint density at radius 1 is 0.947 bits per heavy atom. The van der Waals surface area contributed by atoms with Crippen LogP contribution in [0.2, 0.25) is 0 Å². The molecule has 0 unspecified atom stereocenters. The molecule has 1 rings (SSSR count). The summed E-state index contributed by atoms with van der Waals surface area (Å²) in [5, 5.41) is 0. The fraction of sp³-hybridized carbons (Fsp3) is 0.750. The van der Waals surface area contributed by atoms with Crippen molar-refractivity contribution >= 4 is 0 Å². The van der Waals surface area contributed by atoms with Crippen LogP contribution in [0, 0.1) is 13.8 Å². The molecule has 0 atom stereocenters. The maximum absolute atomic E-state index is 4.64. The fourth-order valence-electron chi connectivity index (χ4n) is 2.35. The molecule has 110 valence electrons. The van der Waals surface area contributed by atoms with E-state index in [-0.39, 0.29) is 0 Å². The lowest BCUT2D eigenvalue weighted by Gasteiger charge is -2.19. The highest BCUT2D eigenvalue weighted by Crippen LogP contribution is 2.20. The molecule has 0 fully saturated rings. The zero-order valence-corrected chi connectivity index (χ0v) is 14.0. The number of nitrogens with zero attached hydrogens (tertiary/aromatic N) is 3. The van der Waals surface area contributed by atoms with Gasteiger partial charge in [-0.2, -0.15) is 0 Å². The van der Waals surface area contributed by atoms with E-state index in [0.717, 1.165) is 36.8 Å². The third-order valence-electron chi connectivity index (χ3n) is 3.21. The van der Waals surface area contributed by atoms with Crippen molar-refractivity contribution in [1.82, 2.24) is 14.9 Å². The van der Waals surface area contributed by atoms with Gasteiger partial charge in [-0.25, -0.2) is 9.97 Å². The van der Waals surface area contributed by atoms with Crippen LogP contribution in [-0.2, 0) is 6.54 Å². The van der Waals surface area contributed by atoms with Crippen LogP contribution < -0.4 is 0 Å². The second-order valence-electron chi connectivity index (χ2n) is 4.84. The van der Waals surface area contributed by atoms with Crippen LogP contribution in [0.4, 0.5) is 0 Å². The quantitative estimate of drug-likeness (QED) is 0.803. The van der Waals surface area contributed by atoms with Crippen LogP contribution in [0.5, 0.6) is 0 Å². The van der Waals surface area contributed by atoms with E-state index in [4.69, 9.17) is 0 Å². The lowest BCUT2D eigenvalue weighted by atomic mass is 10.0. The van der Waals surface area contributed by atoms with Crippen LogP contribution in [-0.4, -0.2) is 28.0 Å². The molecule has 1 aromatic heterocycles. The third-order valence-corrected chi connectivity index (χ3v) is 3.21. The Bertz CT molecular complexity index is 345. The van der Waals surface area contributed by atoms with Gasteiger partial charge in [-0.3, -0.25) is 4.90 Å². The topological polar surface area (TPSA) is 29.0 Å². The first-order valence-electron chi connectivity index (χ1n) is 7.55. The van der Waals surface area contributed by atoms with Gasteiger partial charge < -0.3 is 0 Å². The Morgan fingerprint density at radius 3 is 1.68 bits per heavy atom. The SMILES string of the molecule is CC.CCN(CC)Cc1nc(C)c(C(C)C)c(C)n1. The van der Waals surface area contributed by atoms with Crippen LogP contribution in [0.25, 0.3) is 0 Å². The van der Waals surface area contributed by atoms with Gasteiger partial charge in [0.05, 0.1) is 6.54 Å². The van der Waals surface area contributed by atoms with E-state index in [1.165, 1.54) is 5.56 Å². The van der Waals surface area contributed by atoms with Crippen LogP contribution in [0.1, 0.15) is 70.2 Å². The molecule has 0 aliphatic carbocycles. The molecule has 0 amide bonds. The van der Waals surface area contributed by atoms with Gasteiger partial charge >= 0.3 is 0 Å². The average molecular weight is 265 g/mol. The summed E-state index contributed by atoms with van der Waals surface area (Å²) in [4.78, 5) is 11.6. The molecule has 19 heavy (non-hydrogen) atoms. The zero-order chi connectivity index (χ0) is 15.0. The summed E-state index contributed by atoms with van der Waals surface area (Å²) >= 11 is 0. The number of rotatable bonds is 5. The van der Waals surface area contributed by atoms with Crippen LogP contribution >= 0.6 is 0 Å². The predicted octanol–water partition coefficient (Wildman–Crippen LogP) is 4.08. The maximum atomic E-state index is 4.64. The molecule has 0 saturated carbocycles. The predicted molar refractivity (Wildman–Crippen MR) is 83.6 cm³/mol. The lowest BCUT2D eigenvalue weighted by molar-refractivity contribution is 0.287. The van der Waals surface area contributed by atoms with Crippen molar-refractivity contribution in [2.45, 2.75) is 67.9 Å². The Hall–Kier alpha value is -0.960. The minimum absolute atomic E-state index is 0.498. The third kappa shape index (κ3) is 5.27. The highest BCUT2D eigenvalue weighted by Gasteiger charge is 2.12. The largest absolute Gasteiger partial charge is 0.296 e. The highest BCUT2D eigenvalue weighted by atomic mass is 15.1. The number of aromatic nitrogens is 2. The summed E-state index contributed by atoms with van der Waals surface area (Å²) in [6.07, 6.45) is 0. The number of aryl methyl sites for hydroxylation is 2. The van der Waals surface area contributed by atoms with Gasteiger partial charge in [-0.05, 0) is 38.4 Å². The van der Waals surface area contributed by atoms with Crippen molar-refractivity contribution in [2.24, 2.45) is 0 Å². The van der Waals surface area contributed by atoms with Gasteiger partial charge in [-0.1, -0.05) is 41.5 Å². The monoisotopic (exact) mass is 265 g/mol. The smallest absolute Gasteiger partial charge is 0.142 e. The molecular formula is C16H31N3. The van der Waals surface area contributed by atoms with Gasteiger partial charge in [0.25, 0.3) is 0 Å². The van der Waals surface area contributed by atoms with E-state index in [0.29, 0.717) is 5.92 Å². The minimum Gasteiger partial charge on any atom is -0.296 e. The molecule has 1 aromatic rings. The van der Waals surface area contributed by atoms with Crippen molar-refractivity contribution < 1.29 is 0 Å². The first kappa shape index (κ1) is 18.0. The summed E-state index contributed by atoms with van der Waals surface area (Å²) in [6.45, 7) is 19.9. The van der Waals surface area contributed by atoms with Crippen molar-refractivity contribution in [3.8, 4) is 0 Å². The van der Waals surface area contributed by atoms with Gasteiger partial charge in [0, 0.05) is 11.4 Å². The van der Waals surface area contributed by atoms with E-state index in [9.17, 15) is 0 Å². The van der Waals surface area contributed by atoms with Gasteiger partial charge in [0.15, 0.2) is 0 Å². The van der Waals surface area contributed by atoms with E-state index in [1.807, 2.05) is 13.8 Å². The second kappa shape index (κ2) is 9.03. The van der Waals surface area contributed by atoms with Crippen molar-refractivity contribution in [3.05, 3.63) is 22.8 Å².